The minimum Gasteiger partial charge on any atom is -0.368 e. The molecule has 0 amide bonds. The Balaban J connectivity index is 2.36. The zero-order valence-corrected chi connectivity index (χ0v) is 9.91. The Morgan fingerprint density at radius 3 is 2.88 bits per heavy atom. The number of benzene rings is 1. The van der Waals surface area contributed by atoms with Gasteiger partial charge in [-0.2, -0.15) is 0 Å². The van der Waals surface area contributed by atoms with Crippen LogP contribution < -0.4 is 10.6 Å². The smallest absolute Gasteiger partial charge is 0.123 e. The van der Waals surface area contributed by atoms with Crippen molar-refractivity contribution in [3.8, 4) is 0 Å². The molecule has 0 fully saturated rings. The summed E-state index contributed by atoms with van der Waals surface area (Å²) in [5.41, 5.74) is 7.91. The molecule has 0 aliphatic carbocycles. The summed E-state index contributed by atoms with van der Waals surface area (Å²) in [7, 11) is 0. The predicted octanol–water partition coefficient (Wildman–Crippen LogP) is 2.49. The van der Waals surface area contributed by atoms with Crippen LogP contribution in [0, 0.1) is 5.82 Å². The average molecular weight is 222 g/mol. The minimum atomic E-state index is -0.147. The number of hydrogen-bond acceptors (Lipinski definition) is 2. The first-order chi connectivity index (χ1) is 7.63. The highest BCUT2D eigenvalue weighted by atomic mass is 19.1. The topological polar surface area (TPSA) is 29.3 Å². The Morgan fingerprint density at radius 2 is 2.25 bits per heavy atom. The number of halogens is 1. The number of rotatable bonds is 3. The lowest BCUT2D eigenvalue weighted by Gasteiger charge is -2.24. The summed E-state index contributed by atoms with van der Waals surface area (Å²) in [4.78, 5) is 2.33. The number of nitrogens with zero attached hydrogens (tertiary/aromatic N) is 1. The summed E-state index contributed by atoms with van der Waals surface area (Å²) in [6, 6.07) is 5.55. The van der Waals surface area contributed by atoms with Crippen molar-refractivity contribution in [2.45, 2.75) is 32.2 Å². The van der Waals surface area contributed by atoms with Crippen LogP contribution in [0.1, 0.15) is 31.7 Å². The highest BCUT2D eigenvalue weighted by Gasteiger charge is 2.29. The van der Waals surface area contributed by atoms with E-state index in [2.05, 4.69) is 18.7 Å². The number of fused-ring (bicyclic) bond motifs is 1. The van der Waals surface area contributed by atoms with Crippen molar-refractivity contribution in [1.29, 1.82) is 0 Å². The van der Waals surface area contributed by atoms with E-state index < -0.39 is 0 Å². The lowest BCUT2D eigenvalue weighted by atomic mass is 9.98. The van der Waals surface area contributed by atoms with E-state index in [1.54, 1.807) is 12.1 Å². The molecule has 2 nitrogen and oxygen atoms in total. The van der Waals surface area contributed by atoms with Gasteiger partial charge in [-0.25, -0.2) is 4.39 Å². The van der Waals surface area contributed by atoms with Crippen LogP contribution in [-0.2, 0) is 0 Å². The van der Waals surface area contributed by atoms with Gasteiger partial charge in [-0.3, -0.25) is 0 Å². The molecule has 0 saturated heterocycles. The van der Waals surface area contributed by atoms with E-state index in [1.165, 1.54) is 5.69 Å². The summed E-state index contributed by atoms with van der Waals surface area (Å²) in [6.07, 6.45) is 0.930. The van der Waals surface area contributed by atoms with Crippen LogP contribution in [0.15, 0.2) is 18.2 Å². The van der Waals surface area contributed by atoms with Gasteiger partial charge < -0.3 is 10.6 Å². The van der Waals surface area contributed by atoms with Gasteiger partial charge in [0.2, 0.25) is 0 Å². The van der Waals surface area contributed by atoms with E-state index >= 15 is 0 Å². The highest BCUT2D eigenvalue weighted by Crippen LogP contribution is 2.39. The average Bonchev–Trinajstić information content (AvgIpc) is 2.58. The molecule has 0 saturated carbocycles. The van der Waals surface area contributed by atoms with Gasteiger partial charge in [0.15, 0.2) is 0 Å². The summed E-state index contributed by atoms with van der Waals surface area (Å²) < 4.78 is 13.3. The van der Waals surface area contributed by atoms with Crippen LogP contribution >= 0.6 is 0 Å². The zero-order valence-electron chi connectivity index (χ0n) is 9.91. The second-order valence-electron chi connectivity index (χ2n) is 4.72. The van der Waals surface area contributed by atoms with Crippen LogP contribution in [0.4, 0.5) is 10.1 Å². The van der Waals surface area contributed by atoms with E-state index in [0.717, 1.165) is 18.5 Å². The van der Waals surface area contributed by atoms with Crippen LogP contribution in [0.3, 0.4) is 0 Å². The molecule has 0 aromatic heterocycles. The Hall–Kier alpha value is -1.09. The van der Waals surface area contributed by atoms with Gasteiger partial charge in [-0.15, -0.1) is 0 Å². The fourth-order valence-corrected chi connectivity index (χ4v) is 2.49. The van der Waals surface area contributed by atoms with E-state index in [1.807, 2.05) is 6.07 Å². The summed E-state index contributed by atoms with van der Waals surface area (Å²) in [5.74, 6) is 0.240. The van der Waals surface area contributed by atoms with Crippen molar-refractivity contribution in [3.05, 3.63) is 29.6 Å². The van der Waals surface area contributed by atoms with E-state index in [0.29, 0.717) is 18.5 Å². The van der Waals surface area contributed by atoms with Gasteiger partial charge in [0, 0.05) is 24.2 Å². The van der Waals surface area contributed by atoms with Gasteiger partial charge in [-0.1, -0.05) is 0 Å². The van der Waals surface area contributed by atoms with Gasteiger partial charge in [0.1, 0.15) is 5.82 Å². The highest BCUT2D eigenvalue weighted by molar-refractivity contribution is 5.60. The maximum Gasteiger partial charge on any atom is 0.123 e. The molecule has 1 aromatic rings. The van der Waals surface area contributed by atoms with Gasteiger partial charge in [-0.05, 0) is 50.6 Å². The maximum atomic E-state index is 13.3. The van der Waals surface area contributed by atoms with Crippen LogP contribution in [0.25, 0.3) is 0 Å². The molecule has 2 N–H and O–H groups in total. The van der Waals surface area contributed by atoms with Crippen molar-refractivity contribution in [1.82, 2.24) is 0 Å². The number of anilines is 1. The number of hydrogen-bond donors (Lipinski definition) is 1. The van der Waals surface area contributed by atoms with Crippen molar-refractivity contribution in [2.24, 2.45) is 5.73 Å². The van der Waals surface area contributed by atoms with Crippen molar-refractivity contribution >= 4 is 5.69 Å². The Labute approximate surface area is 96.2 Å². The van der Waals surface area contributed by atoms with Crippen LogP contribution in [0.2, 0.25) is 0 Å². The summed E-state index contributed by atoms with van der Waals surface area (Å²) >= 11 is 0. The first-order valence-electron chi connectivity index (χ1n) is 5.89. The van der Waals surface area contributed by atoms with Crippen molar-refractivity contribution in [2.75, 3.05) is 18.0 Å². The molecule has 16 heavy (non-hydrogen) atoms. The first-order valence-corrected chi connectivity index (χ1v) is 5.89. The van der Waals surface area contributed by atoms with E-state index in [4.69, 9.17) is 5.73 Å². The Morgan fingerprint density at radius 1 is 1.50 bits per heavy atom. The Bertz CT molecular complexity index is 376. The van der Waals surface area contributed by atoms with Crippen molar-refractivity contribution in [3.63, 3.8) is 0 Å². The van der Waals surface area contributed by atoms with Crippen LogP contribution in [0.5, 0.6) is 0 Å². The Kier molecular flexibility index (Phi) is 3.15. The largest absolute Gasteiger partial charge is 0.368 e. The van der Waals surface area contributed by atoms with Crippen molar-refractivity contribution < 1.29 is 4.39 Å². The third-order valence-electron chi connectivity index (χ3n) is 3.29. The predicted molar refractivity (Wildman–Crippen MR) is 65.3 cm³/mol. The molecule has 3 heteroatoms. The molecule has 1 aliphatic heterocycles. The van der Waals surface area contributed by atoms with Crippen LogP contribution in [-0.4, -0.2) is 19.1 Å². The first kappa shape index (κ1) is 11.4. The van der Waals surface area contributed by atoms with E-state index in [9.17, 15) is 4.39 Å². The molecule has 1 heterocycles. The molecule has 1 aliphatic rings. The number of nitrogens with two attached hydrogens (primary N) is 1. The molecule has 0 radical (unpaired) electrons. The zero-order chi connectivity index (χ0) is 11.7. The van der Waals surface area contributed by atoms with Gasteiger partial charge in [0.05, 0.1) is 0 Å². The third kappa shape index (κ3) is 1.92. The fraction of sp³-hybridized carbons (Fsp3) is 0.538. The quantitative estimate of drug-likeness (QED) is 0.851. The second-order valence-corrected chi connectivity index (χ2v) is 4.72. The standard InChI is InChI=1S/C13H19FN2/c1-9(2)16-8-10(5-6-15)12-7-11(14)3-4-13(12)16/h3-4,7,9-10H,5-6,8,15H2,1-2H3. The molecule has 2 rings (SSSR count). The second kappa shape index (κ2) is 4.42. The fourth-order valence-electron chi connectivity index (χ4n) is 2.49. The lowest BCUT2D eigenvalue weighted by Crippen LogP contribution is -2.29. The summed E-state index contributed by atoms with van der Waals surface area (Å²) in [5, 5.41) is 0. The molecule has 1 aromatic carbocycles. The monoisotopic (exact) mass is 222 g/mol. The molecule has 0 bridgehead atoms. The molecule has 1 atom stereocenters. The molecular weight excluding hydrogens is 203 g/mol. The van der Waals surface area contributed by atoms with E-state index in [-0.39, 0.29) is 5.82 Å². The molecule has 0 spiro atoms. The normalized spacial score (nSPS) is 19.3. The summed E-state index contributed by atoms with van der Waals surface area (Å²) in [6.45, 7) is 5.95. The SMILES string of the molecule is CC(C)N1CC(CCN)c2cc(F)ccc21. The molecule has 1 unspecified atom stereocenters. The lowest BCUT2D eigenvalue weighted by molar-refractivity contribution is 0.604. The molecule has 88 valence electrons. The minimum absolute atomic E-state index is 0.147. The van der Waals surface area contributed by atoms with Gasteiger partial charge >= 0.3 is 0 Å². The molecular formula is C13H19FN2. The van der Waals surface area contributed by atoms with Gasteiger partial charge in [0.25, 0.3) is 0 Å². The maximum absolute atomic E-state index is 13.3. The third-order valence-corrected chi connectivity index (χ3v) is 3.29.